The van der Waals surface area contributed by atoms with Gasteiger partial charge in [0.2, 0.25) is 5.91 Å². The van der Waals surface area contributed by atoms with E-state index >= 15 is 0 Å². The fraction of sp³-hybridized carbons (Fsp3) is 0.375. The van der Waals surface area contributed by atoms with Gasteiger partial charge in [0.05, 0.1) is 11.6 Å². The van der Waals surface area contributed by atoms with Crippen LogP contribution >= 0.6 is 0 Å². The third-order valence-electron chi connectivity index (χ3n) is 6.29. The summed E-state index contributed by atoms with van der Waals surface area (Å²) in [6, 6.07) is 9.78. The number of aryl methyl sites for hydroxylation is 2. The fourth-order valence-corrected chi connectivity index (χ4v) is 4.35. The highest BCUT2D eigenvalue weighted by Crippen LogP contribution is 2.19. The van der Waals surface area contributed by atoms with Crippen molar-refractivity contribution in [2.24, 2.45) is 5.73 Å². The molecule has 170 valence electrons. The minimum atomic E-state index is -0.606. The molecule has 3 heterocycles. The highest BCUT2D eigenvalue weighted by molar-refractivity contribution is 5.96. The van der Waals surface area contributed by atoms with Crippen molar-refractivity contribution in [1.29, 1.82) is 5.26 Å². The normalized spacial score (nSPS) is 14.4. The average Bonchev–Trinajstić information content (AvgIpc) is 3.24. The van der Waals surface area contributed by atoms with Gasteiger partial charge in [-0.1, -0.05) is 12.1 Å². The monoisotopic (exact) mass is 445 g/mol. The number of hydrogen-bond acceptors (Lipinski definition) is 6. The first-order valence-electron chi connectivity index (χ1n) is 11.0. The summed E-state index contributed by atoms with van der Waals surface area (Å²) in [6.45, 7) is 7.69. The molecule has 4 rings (SSSR count). The van der Waals surface area contributed by atoms with Gasteiger partial charge in [0.15, 0.2) is 11.3 Å². The van der Waals surface area contributed by atoms with Crippen LogP contribution in [0.3, 0.4) is 0 Å². The van der Waals surface area contributed by atoms with E-state index in [-0.39, 0.29) is 11.6 Å². The van der Waals surface area contributed by atoms with Crippen molar-refractivity contribution < 1.29 is 9.59 Å². The number of piperazine rings is 1. The number of fused-ring (bicyclic) bond motifs is 1. The van der Waals surface area contributed by atoms with Crippen LogP contribution in [0.2, 0.25) is 0 Å². The zero-order valence-corrected chi connectivity index (χ0v) is 18.9. The highest BCUT2D eigenvalue weighted by Gasteiger charge is 2.22. The molecule has 2 aromatic heterocycles. The predicted molar refractivity (Wildman–Crippen MR) is 122 cm³/mol. The maximum Gasteiger partial charge on any atom is 0.271 e. The van der Waals surface area contributed by atoms with Gasteiger partial charge in [-0.25, -0.2) is 9.97 Å². The Bertz CT molecular complexity index is 1230. The molecule has 0 saturated carbocycles. The number of carbonyl (C=O) groups excluding carboxylic acids is 2. The van der Waals surface area contributed by atoms with Crippen LogP contribution in [0.1, 0.15) is 45.0 Å². The molecular formula is C24H27N7O2. The molecule has 0 aliphatic carbocycles. The lowest BCUT2D eigenvalue weighted by Crippen LogP contribution is -2.48. The molecule has 2 N–H and O–H groups in total. The van der Waals surface area contributed by atoms with Crippen molar-refractivity contribution >= 4 is 17.5 Å². The Balaban J connectivity index is 1.33. The van der Waals surface area contributed by atoms with E-state index < -0.39 is 5.91 Å². The Labute approximate surface area is 192 Å². The van der Waals surface area contributed by atoms with Gasteiger partial charge in [-0.3, -0.25) is 18.9 Å². The topological polar surface area (TPSA) is 121 Å². The summed E-state index contributed by atoms with van der Waals surface area (Å²) in [7, 11) is 0. The summed E-state index contributed by atoms with van der Waals surface area (Å²) in [5.41, 5.74) is 10.5. The molecule has 1 aromatic carbocycles. The first kappa shape index (κ1) is 22.4. The highest BCUT2D eigenvalue weighted by atomic mass is 16.2. The van der Waals surface area contributed by atoms with Crippen LogP contribution in [0, 0.1) is 25.2 Å². The number of aromatic nitrogens is 3. The lowest BCUT2D eigenvalue weighted by molar-refractivity contribution is -0.133. The molecule has 0 bridgehead atoms. The Morgan fingerprint density at radius 1 is 1.12 bits per heavy atom. The second-order valence-electron chi connectivity index (χ2n) is 8.38. The van der Waals surface area contributed by atoms with Crippen LogP contribution in [0.15, 0.2) is 30.6 Å². The van der Waals surface area contributed by atoms with E-state index in [4.69, 9.17) is 11.0 Å². The largest absolute Gasteiger partial charge is 0.364 e. The summed E-state index contributed by atoms with van der Waals surface area (Å²) in [6.07, 6.45) is 2.53. The van der Waals surface area contributed by atoms with Crippen molar-refractivity contribution in [2.75, 3.05) is 26.2 Å². The van der Waals surface area contributed by atoms with E-state index in [1.165, 1.54) is 5.56 Å². The molecular weight excluding hydrogens is 418 g/mol. The zero-order chi connectivity index (χ0) is 23.5. The number of imidazole rings is 1. The fourth-order valence-electron chi connectivity index (χ4n) is 4.35. The molecule has 1 saturated heterocycles. The predicted octanol–water partition coefficient (Wildman–Crippen LogP) is 1.59. The number of nitrogens with zero attached hydrogens (tertiary/aromatic N) is 6. The molecule has 1 aliphatic rings. The zero-order valence-electron chi connectivity index (χ0n) is 18.9. The number of amides is 2. The number of nitriles is 1. The minimum absolute atomic E-state index is 0.135. The van der Waals surface area contributed by atoms with Gasteiger partial charge in [0.1, 0.15) is 6.33 Å². The minimum Gasteiger partial charge on any atom is -0.364 e. The standard InChI is InChI=1S/C24H27N7O2/c1-16-20(17(2)31-15-27-22(23(26)33)24(31)28-16)7-8-21(32)30-11-9-29(10-12-30)14-19-5-3-18(13-25)4-6-19/h3-6,15H,7-12,14H2,1-2H3,(H2,26,33). The number of benzene rings is 1. The first-order chi connectivity index (χ1) is 15.9. The Morgan fingerprint density at radius 2 is 1.82 bits per heavy atom. The average molecular weight is 446 g/mol. The van der Waals surface area contributed by atoms with Crippen LogP contribution in [0.5, 0.6) is 0 Å². The number of carbonyl (C=O) groups is 2. The smallest absolute Gasteiger partial charge is 0.271 e. The molecule has 1 fully saturated rings. The third kappa shape index (κ3) is 4.71. The quantitative estimate of drug-likeness (QED) is 0.615. The summed E-state index contributed by atoms with van der Waals surface area (Å²) in [5.74, 6) is -0.472. The lowest BCUT2D eigenvalue weighted by Gasteiger charge is -2.35. The Hall–Kier alpha value is -3.77. The molecule has 2 amide bonds. The van der Waals surface area contributed by atoms with Crippen molar-refractivity contribution in [3.63, 3.8) is 0 Å². The van der Waals surface area contributed by atoms with Crippen LogP contribution in [0.4, 0.5) is 0 Å². The van der Waals surface area contributed by atoms with Crippen LogP contribution in [-0.4, -0.2) is 62.2 Å². The summed E-state index contributed by atoms with van der Waals surface area (Å²) < 4.78 is 1.76. The molecule has 9 nitrogen and oxygen atoms in total. The Kier molecular flexibility index (Phi) is 6.38. The van der Waals surface area contributed by atoms with Gasteiger partial charge in [-0.05, 0) is 43.5 Å². The number of hydrogen-bond donors (Lipinski definition) is 1. The van der Waals surface area contributed by atoms with Crippen molar-refractivity contribution in [2.45, 2.75) is 33.2 Å². The van der Waals surface area contributed by atoms with E-state index in [1.807, 2.05) is 43.0 Å². The Morgan fingerprint density at radius 3 is 2.45 bits per heavy atom. The molecule has 1 aliphatic heterocycles. The van der Waals surface area contributed by atoms with Gasteiger partial charge >= 0.3 is 0 Å². The molecule has 0 atom stereocenters. The van der Waals surface area contributed by atoms with Crippen LogP contribution in [-0.2, 0) is 17.8 Å². The van der Waals surface area contributed by atoms with Gasteiger partial charge in [0, 0.05) is 50.5 Å². The van der Waals surface area contributed by atoms with Crippen molar-refractivity contribution in [3.8, 4) is 6.07 Å². The van der Waals surface area contributed by atoms with Gasteiger partial charge in [0.25, 0.3) is 5.91 Å². The summed E-state index contributed by atoms with van der Waals surface area (Å²) >= 11 is 0. The third-order valence-corrected chi connectivity index (χ3v) is 6.29. The molecule has 9 heteroatoms. The maximum atomic E-state index is 12.9. The lowest BCUT2D eigenvalue weighted by atomic mass is 10.1. The summed E-state index contributed by atoms with van der Waals surface area (Å²) in [4.78, 5) is 37.3. The van der Waals surface area contributed by atoms with E-state index in [9.17, 15) is 9.59 Å². The van der Waals surface area contributed by atoms with E-state index in [1.54, 1.807) is 10.7 Å². The van der Waals surface area contributed by atoms with Crippen molar-refractivity contribution in [3.05, 3.63) is 64.4 Å². The van der Waals surface area contributed by atoms with Gasteiger partial charge in [-0.2, -0.15) is 5.26 Å². The number of primary amides is 1. The van der Waals surface area contributed by atoms with E-state index in [0.29, 0.717) is 37.1 Å². The molecule has 33 heavy (non-hydrogen) atoms. The molecule has 0 spiro atoms. The summed E-state index contributed by atoms with van der Waals surface area (Å²) in [5, 5.41) is 8.92. The van der Waals surface area contributed by atoms with E-state index in [2.05, 4.69) is 20.9 Å². The molecule has 0 unspecified atom stereocenters. The number of rotatable bonds is 6. The first-order valence-corrected chi connectivity index (χ1v) is 11.0. The number of nitrogens with two attached hydrogens (primary N) is 1. The van der Waals surface area contributed by atoms with Crippen LogP contribution in [0.25, 0.3) is 5.65 Å². The molecule has 0 radical (unpaired) electrons. The van der Waals surface area contributed by atoms with Crippen LogP contribution < -0.4 is 5.73 Å². The second-order valence-corrected chi connectivity index (χ2v) is 8.38. The van der Waals surface area contributed by atoms with E-state index in [0.717, 1.165) is 36.6 Å². The molecule has 3 aromatic rings. The SMILES string of the molecule is Cc1nc2c(C(N)=O)ncn2c(C)c1CCC(=O)N1CCN(Cc2ccc(C#N)cc2)CC1. The maximum absolute atomic E-state index is 12.9. The van der Waals surface area contributed by atoms with Gasteiger partial charge < -0.3 is 10.6 Å². The van der Waals surface area contributed by atoms with Crippen molar-refractivity contribution in [1.82, 2.24) is 24.2 Å². The van der Waals surface area contributed by atoms with Gasteiger partial charge in [-0.15, -0.1) is 0 Å². The second kappa shape index (κ2) is 9.38.